The summed E-state index contributed by atoms with van der Waals surface area (Å²) in [6.07, 6.45) is 0.631. The molecule has 0 bridgehead atoms. The summed E-state index contributed by atoms with van der Waals surface area (Å²) in [5, 5.41) is 24.3. The number of rotatable bonds is 12. The van der Waals surface area contributed by atoms with Crippen LogP contribution in [0, 0.1) is 11.7 Å². The highest BCUT2D eigenvalue weighted by Crippen LogP contribution is 2.25. The van der Waals surface area contributed by atoms with Crippen molar-refractivity contribution in [3.8, 4) is 11.1 Å². The number of ketones is 1. The number of nitrogens with zero attached hydrogens (tertiary/aromatic N) is 2. The summed E-state index contributed by atoms with van der Waals surface area (Å²) in [7, 11) is 0. The second-order valence-electron chi connectivity index (χ2n) is 10.3. The fourth-order valence-electron chi connectivity index (χ4n) is 4.06. The lowest BCUT2D eigenvalue weighted by Gasteiger charge is -2.22. The van der Waals surface area contributed by atoms with E-state index in [0.29, 0.717) is 17.5 Å². The minimum atomic E-state index is -1.33. The van der Waals surface area contributed by atoms with E-state index in [2.05, 4.69) is 26.0 Å². The van der Waals surface area contributed by atoms with E-state index in [1.165, 1.54) is 12.3 Å². The number of amides is 2. The lowest BCUT2D eigenvalue weighted by Crippen LogP contribution is -2.47. The molecule has 0 aliphatic carbocycles. The van der Waals surface area contributed by atoms with Crippen LogP contribution in [0.3, 0.4) is 0 Å². The Balaban J connectivity index is 1.71. The standard InChI is InChI=1S/C28H32FN5O6/c1-28(2,3)40-27(39)30-16-25(36)32-22(26(37)38)13-18(14-24(35)23-15-31-34-33-23)12-17-8-10-19(11-9-17)20-6-4-5-7-21(20)29/h4-11,15,18,22H,12-14,16H2,1-3H3,(H,30,39)(H,32,36)(H,37,38)(H,31,33,34)/t18-,22-/m1/s1. The summed E-state index contributed by atoms with van der Waals surface area (Å²) in [6.45, 7) is 4.52. The predicted octanol–water partition coefficient (Wildman–Crippen LogP) is 3.53. The number of H-pyrrole nitrogens is 1. The van der Waals surface area contributed by atoms with Crippen LogP contribution in [-0.4, -0.2) is 62.5 Å². The largest absolute Gasteiger partial charge is 0.480 e. The van der Waals surface area contributed by atoms with E-state index < -0.39 is 42.1 Å². The number of carbonyl (C=O) groups is 4. The highest BCUT2D eigenvalue weighted by Gasteiger charge is 2.27. The number of Topliss-reactive ketones (excluding diaryl/α,β-unsaturated/α-hetero) is 1. The van der Waals surface area contributed by atoms with Gasteiger partial charge in [0.15, 0.2) is 5.78 Å². The van der Waals surface area contributed by atoms with Gasteiger partial charge in [-0.3, -0.25) is 9.59 Å². The van der Waals surface area contributed by atoms with E-state index in [-0.39, 0.29) is 30.1 Å². The monoisotopic (exact) mass is 553 g/mol. The fourth-order valence-corrected chi connectivity index (χ4v) is 4.06. The van der Waals surface area contributed by atoms with Crippen LogP contribution in [0.15, 0.2) is 54.7 Å². The minimum absolute atomic E-state index is 0.0581. The lowest BCUT2D eigenvalue weighted by atomic mass is 9.87. The molecule has 0 fully saturated rings. The Hall–Kier alpha value is -4.61. The van der Waals surface area contributed by atoms with Gasteiger partial charge in [-0.05, 0) is 56.7 Å². The Labute approximate surface area is 230 Å². The molecule has 3 aromatic rings. The molecule has 2 amide bonds. The molecular weight excluding hydrogens is 521 g/mol. The number of carboxylic acid groups (broad SMARTS) is 1. The molecule has 0 saturated carbocycles. The van der Waals surface area contributed by atoms with Gasteiger partial charge in [-0.25, -0.2) is 14.0 Å². The highest BCUT2D eigenvalue weighted by molar-refractivity contribution is 5.94. The number of nitrogens with one attached hydrogen (secondary N) is 3. The predicted molar refractivity (Wildman–Crippen MR) is 143 cm³/mol. The molecule has 2 atom stereocenters. The number of hydrogen-bond acceptors (Lipinski definition) is 7. The van der Waals surface area contributed by atoms with Crippen LogP contribution >= 0.6 is 0 Å². The van der Waals surface area contributed by atoms with Crippen molar-refractivity contribution in [1.82, 2.24) is 26.0 Å². The maximum atomic E-state index is 14.2. The topological polar surface area (TPSA) is 163 Å². The second-order valence-corrected chi connectivity index (χ2v) is 10.3. The Kier molecular flexibility index (Phi) is 10.1. The molecule has 1 heterocycles. The van der Waals surface area contributed by atoms with Gasteiger partial charge in [0.2, 0.25) is 5.91 Å². The van der Waals surface area contributed by atoms with E-state index in [4.69, 9.17) is 4.74 Å². The summed E-state index contributed by atoms with van der Waals surface area (Å²) in [5.41, 5.74) is 1.25. The molecule has 4 N–H and O–H groups in total. The van der Waals surface area contributed by atoms with Crippen molar-refractivity contribution in [1.29, 1.82) is 0 Å². The number of hydrogen-bond donors (Lipinski definition) is 4. The van der Waals surface area contributed by atoms with Crippen LogP contribution in [0.4, 0.5) is 9.18 Å². The molecule has 11 nitrogen and oxygen atoms in total. The molecule has 12 heteroatoms. The summed E-state index contributed by atoms with van der Waals surface area (Å²) in [6, 6.07) is 12.1. The number of aliphatic carboxylic acids is 1. The Morgan fingerprint density at radius 3 is 2.38 bits per heavy atom. The van der Waals surface area contributed by atoms with Crippen LogP contribution in [0.25, 0.3) is 11.1 Å². The van der Waals surface area contributed by atoms with Crippen molar-refractivity contribution >= 4 is 23.8 Å². The molecule has 0 aliphatic rings. The number of ether oxygens (including phenoxy) is 1. The smallest absolute Gasteiger partial charge is 0.408 e. The minimum Gasteiger partial charge on any atom is -0.480 e. The van der Waals surface area contributed by atoms with E-state index in [1.54, 1.807) is 63.2 Å². The van der Waals surface area contributed by atoms with Crippen molar-refractivity contribution in [2.24, 2.45) is 5.92 Å². The first-order valence-corrected chi connectivity index (χ1v) is 12.6. The summed E-state index contributed by atoms with van der Waals surface area (Å²) in [5.74, 6) is -3.23. The Morgan fingerprint density at radius 1 is 1.07 bits per heavy atom. The van der Waals surface area contributed by atoms with Crippen molar-refractivity contribution < 1.29 is 33.4 Å². The van der Waals surface area contributed by atoms with Gasteiger partial charge in [0.05, 0.1) is 6.20 Å². The molecule has 3 rings (SSSR count). The molecule has 1 aromatic heterocycles. The van der Waals surface area contributed by atoms with Gasteiger partial charge in [-0.1, -0.05) is 42.5 Å². The molecule has 0 aliphatic heterocycles. The zero-order valence-electron chi connectivity index (χ0n) is 22.4. The Morgan fingerprint density at radius 2 is 1.77 bits per heavy atom. The molecule has 212 valence electrons. The number of aromatic nitrogens is 3. The second kappa shape index (κ2) is 13.5. The summed E-state index contributed by atoms with van der Waals surface area (Å²) >= 11 is 0. The number of carboxylic acids is 1. The highest BCUT2D eigenvalue weighted by atomic mass is 19.1. The van der Waals surface area contributed by atoms with Gasteiger partial charge in [-0.15, -0.1) is 0 Å². The maximum absolute atomic E-state index is 14.2. The number of benzene rings is 2. The van der Waals surface area contributed by atoms with E-state index in [9.17, 15) is 28.7 Å². The van der Waals surface area contributed by atoms with Gasteiger partial charge < -0.3 is 20.5 Å². The first-order valence-electron chi connectivity index (χ1n) is 12.6. The van der Waals surface area contributed by atoms with Crippen molar-refractivity contribution in [2.45, 2.75) is 51.7 Å². The molecular formula is C28H32FN5O6. The average Bonchev–Trinajstić information content (AvgIpc) is 3.42. The molecule has 40 heavy (non-hydrogen) atoms. The van der Waals surface area contributed by atoms with Gasteiger partial charge in [0, 0.05) is 12.0 Å². The third kappa shape index (κ3) is 9.29. The maximum Gasteiger partial charge on any atom is 0.408 e. The summed E-state index contributed by atoms with van der Waals surface area (Å²) in [4.78, 5) is 49.1. The fraction of sp³-hybridized carbons (Fsp3) is 0.357. The summed E-state index contributed by atoms with van der Waals surface area (Å²) < 4.78 is 19.3. The third-order valence-electron chi connectivity index (χ3n) is 5.83. The van der Waals surface area contributed by atoms with Crippen LogP contribution < -0.4 is 10.6 Å². The SMILES string of the molecule is CC(C)(C)OC(=O)NCC(=O)N[C@H](C[C@H](CC(=O)c1cn[nH]n1)Cc1ccc(-c2ccccc2F)cc1)C(=O)O. The average molecular weight is 554 g/mol. The Bertz CT molecular complexity index is 1320. The van der Waals surface area contributed by atoms with Crippen LogP contribution in [0.2, 0.25) is 0 Å². The third-order valence-corrected chi connectivity index (χ3v) is 5.83. The zero-order valence-corrected chi connectivity index (χ0v) is 22.4. The molecule has 2 aromatic carbocycles. The van der Waals surface area contributed by atoms with E-state index in [0.717, 1.165) is 5.56 Å². The molecule has 0 radical (unpaired) electrons. The normalized spacial score (nSPS) is 12.7. The van der Waals surface area contributed by atoms with Crippen molar-refractivity contribution in [3.63, 3.8) is 0 Å². The van der Waals surface area contributed by atoms with Gasteiger partial charge in [0.25, 0.3) is 0 Å². The van der Waals surface area contributed by atoms with Crippen molar-refractivity contribution in [2.75, 3.05) is 6.54 Å². The first-order chi connectivity index (χ1) is 18.9. The van der Waals surface area contributed by atoms with Crippen LogP contribution in [0.5, 0.6) is 0 Å². The van der Waals surface area contributed by atoms with E-state index >= 15 is 0 Å². The molecule has 0 spiro atoms. The lowest BCUT2D eigenvalue weighted by molar-refractivity contribution is -0.142. The number of alkyl carbamates (subject to hydrolysis) is 1. The molecule has 0 saturated heterocycles. The first kappa shape index (κ1) is 29.9. The van der Waals surface area contributed by atoms with Crippen LogP contribution in [0.1, 0.15) is 49.7 Å². The molecule has 0 unspecified atom stereocenters. The zero-order chi connectivity index (χ0) is 29.3. The quantitative estimate of drug-likeness (QED) is 0.248. The van der Waals surface area contributed by atoms with Gasteiger partial charge >= 0.3 is 12.1 Å². The van der Waals surface area contributed by atoms with Gasteiger partial charge in [-0.2, -0.15) is 15.4 Å². The number of aromatic amines is 1. The number of halogens is 1. The van der Waals surface area contributed by atoms with Crippen LogP contribution in [-0.2, 0) is 20.7 Å². The van der Waals surface area contributed by atoms with Crippen molar-refractivity contribution in [3.05, 3.63) is 71.8 Å². The number of carbonyl (C=O) groups excluding carboxylic acids is 3. The van der Waals surface area contributed by atoms with E-state index in [1.807, 2.05) is 0 Å². The van der Waals surface area contributed by atoms with Gasteiger partial charge in [0.1, 0.15) is 29.7 Å².